The second kappa shape index (κ2) is 6.11. The summed E-state index contributed by atoms with van der Waals surface area (Å²) in [6.07, 6.45) is 4.21. The van der Waals surface area contributed by atoms with Crippen LogP contribution in [0.5, 0.6) is 0 Å². The van der Waals surface area contributed by atoms with Crippen molar-refractivity contribution >= 4 is 0 Å². The topological polar surface area (TPSA) is 3.24 Å². The standard InChI is InChI=1S/C8H13F2N/c1-3-4-5-6-11(2)7-8(9)10/h1,8H,4-7H2,2H3. The predicted molar refractivity (Wildman–Crippen MR) is 41.6 cm³/mol. The van der Waals surface area contributed by atoms with Crippen LogP contribution < -0.4 is 0 Å². The normalized spacial score (nSPS) is 10.5. The van der Waals surface area contributed by atoms with Crippen LogP contribution in [0.4, 0.5) is 8.78 Å². The third-order valence-corrected chi connectivity index (χ3v) is 1.31. The Morgan fingerprint density at radius 1 is 1.55 bits per heavy atom. The van der Waals surface area contributed by atoms with Crippen LogP contribution in [0.1, 0.15) is 12.8 Å². The lowest BCUT2D eigenvalue weighted by atomic mass is 10.3. The van der Waals surface area contributed by atoms with Gasteiger partial charge in [0.1, 0.15) is 0 Å². The molecule has 0 radical (unpaired) electrons. The molecule has 3 heteroatoms. The van der Waals surface area contributed by atoms with Gasteiger partial charge in [0.25, 0.3) is 6.43 Å². The number of unbranched alkanes of at least 4 members (excludes halogenated alkanes) is 1. The average molecular weight is 161 g/mol. The largest absolute Gasteiger partial charge is 0.301 e. The van der Waals surface area contributed by atoms with Crippen LogP contribution in [0.15, 0.2) is 0 Å². The van der Waals surface area contributed by atoms with Crippen molar-refractivity contribution < 1.29 is 8.78 Å². The van der Waals surface area contributed by atoms with Crippen molar-refractivity contribution in [2.45, 2.75) is 19.3 Å². The van der Waals surface area contributed by atoms with Gasteiger partial charge in [-0.15, -0.1) is 12.3 Å². The third-order valence-electron chi connectivity index (χ3n) is 1.31. The summed E-state index contributed by atoms with van der Waals surface area (Å²) in [5.41, 5.74) is 0. The first-order chi connectivity index (χ1) is 5.16. The lowest BCUT2D eigenvalue weighted by molar-refractivity contribution is 0.100. The monoisotopic (exact) mass is 161 g/mol. The fourth-order valence-corrected chi connectivity index (χ4v) is 0.778. The molecule has 0 atom stereocenters. The molecule has 0 amide bonds. The van der Waals surface area contributed by atoms with Gasteiger partial charge in [-0.3, -0.25) is 0 Å². The molecule has 0 aromatic carbocycles. The van der Waals surface area contributed by atoms with Crippen LogP contribution in [0.3, 0.4) is 0 Å². The highest BCUT2D eigenvalue weighted by Gasteiger charge is 2.05. The molecular weight excluding hydrogens is 148 g/mol. The van der Waals surface area contributed by atoms with Gasteiger partial charge in [0, 0.05) is 6.42 Å². The van der Waals surface area contributed by atoms with Crippen molar-refractivity contribution in [2.75, 3.05) is 20.1 Å². The second-order valence-corrected chi connectivity index (χ2v) is 2.46. The SMILES string of the molecule is C#CCCCN(C)CC(F)F. The van der Waals surface area contributed by atoms with Crippen LogP contribution in [0.25, 0.3) is 0 Å². The summed E-state index contributed by atoms with van der Waals surface area (Å²) in [5.74, 6) is 2.46. The van der Waals surface area contributed by atoms with Gasteiger partial charge >= 0.3 is 0 Å². The van der Waals surface area contributed by atoms with Gasteiger partial charge in [0.05, 0.1) is 6.54 Å². The average Bonchev–Trinajstić information content (AvgIpc) is 1.86. The summed E-state index contributed by atoms with van der Waals surface area (Å²) in [6, 6.07) is 0. The van der Waals surface area contributed by atoms with Crippen LogP contribution in [-0.2, 0) is 0 Å². The van der Waals surface area contributed by atoms with E-state index >= 15 is 0 Å². The van der Waals surface area contributed by atoms with Crippen molar-refractivity contribution in [2.24, 2.45) is 0 Å². The summed E-state index contributed by atoms with van der Waals surface area (Å²) in [4.78, 5) is 1.59. The number of alkyl halides is 2. The fraction of sp³-hybridized carbons (Fsp3) is 0.750. The molecule has 0 rings (SSSR count). The summed E-state index contributed by atoms with van der Waals surface area (Å²) in [7, 11) is 1.67. The van der Waals surface area contributed by atoms with Crippen LogP contribution in [0.2, 0.25) is 0 Å². The highest BCUT2D eigenvalue weighted by Crippen LogP contribution is 1.97. The maximum atomic E-state index is 11.7. The van der Waals surface area contributed by atoms with E-state index in [0.717, 1.165) is 6.42 Å². The van der Waals surface area contributed by atoms with E-state index in [-0.39, 0.29) is 6.54 Å². The molecule has 0 aromatic rings. The first-order valence-electron chi connectivity index (χ1n) is 3.57. The van der Waals surface area contributed by atoms with E-state index in [1.807, 2.05) is 0 Å². The molecule has 1 nitrogen and oxygen atoms in total. The Hall–Kier alpha value is -0.620. The Balaban J connectivity index is 3.24. The van der Waals surface area contributed by atoms with Gasteiger partial charge in [-0.1, -0.05) is 0 Å². The molecule has 0 aromatic heterocycles. The number of nitrogens with zero attached hydrogens (tertiary/aromatic N) is 1. The number of hydrogen-bond donors (Lipinski definition) is 0. The minimum Gasteiger partial charge on any atom is -0.301 e. The Kier molecular flexibility index (Phi) is 5.77. The minimum absolute atomic E-state index is 0.162. The van der Waals surface area contributed by atoms with E-state index < -0.39 is 6.43 Å². The number of halogens is 2. The van der Waals surface area contributed by atoms with E-state index in [2.05, 4.69) is 5.92 Å². The zero-order chi connectivity index (χ0) is 8.69. The van der Waals surface area contributed by atoms with E-state index in [4.69, 9.17) is 6.42 Å². The van der Waals surface area contributed by atoms with Gasteiger partial charge in [-0.05, 0) is 20.0 Å². The lowest BCUT2D eigenvalue weighted by Gasteiger charge is -2.14. The zero-order valence-electron chi connectivity index (χ0n) is 6.69. The van der Waals surface area contributed by atoms with Crippen molar-refractivity contribution in [1.82, 2.24) is 4.90 Å². The molecule has 0 saturated carbocycles. The van der Waals surface area contributed by atoms with Gasteiger partial charge in [-0.25, -0.2) is 8.78 Å². The fourth-order valence-electron chi connectivity index (χ4n) is 0.778. The molecule has 0 bridgehead atoms. The molecule has 11 heavy (non-hydrogen) atoms. The Morgan fingerprint density at radius 2 is 2.18 bits per heavy atom. The molecule has 0 N–H and O–H groups in total. The zero-order valence-corrected chi connectivity index (χ0v) is 6.69. The summed E-state index contributed by atoms with van der Waals surface area (Å²) in [5, 5.41) is 0. The van der Waals surface area contributed by atoms with Gasteiger partial charge in [-0.2, -0.15) is 0 Å². The molecule has 0 spiro atoms. The molecule has 0 unspecified atom stereocenters. The molecule has 0 saturated heterocycles. The van der Waals surface area contributed by atoms with Gasteiger partial charge < -0.3 is 4.90 Å². The number of terminal acetylenes is 1. The first-order valence-corrected chi connectivity index (χ1v) is 3.57. The molecule has 0 aliphatic carbocycles. The van der Waals surface area contributed by atoms with Gasteiger partial charge in [0.2, 0.25) is 0 Å². The van der Waals surface area contributed by atoms with Crippen LogP contribution in [-0.4, -0.2) is 31.5 Å². The van der Waals surface area contributed by atoms with Crippen molar-refractivity contribution in [1.29, 1.82) is 0 Å². The lowest BCUT2D eigenvalue weighted by Crippen LogP contribution is -2.25. The summed E-state index contributed by atoms with van der Waals surface area (Å²) >= 11 is 0. The van der Waals surface area contributed by atoms with E-state index in [1.165, 1.54) is 0 Å². The minimum atomic E-state index is -2.24. The third kappa shape index (κ3) is 7.27. The Bertz CT molecular complexity index is 129. The van der Waals surface area contributed by atoms with E-state index in [9.17, 15) is 8.78 Å². The highest BCUT2D eigenvalue weighted by atomic mass is 19.3. The van der Waals surface area contributed by atoms with E-state index in [0.29, 0.717) is 13.0 Å². The maximum absolute atomic E-state index is 11.7. The molecule has 0 heterocycles. The van der Waals surface area contributed by atoms with Gasteiger partial charge in [0.15, 0.2) is 0 Å². The van der Waals surface area contributed by atoms with E-state index in [1.54, 1.807) is 11.9 Å². The molecule has 0 aliphatic rings. The number of hydrogen-bond acceptors (Lipinski definition) is 1. The first kappa shape index (κ1) is 10.4. The quantitative estimate of drug-likeness (QED) is 0.437. The smallest absolute Gasteiger partial charge is 0.251 e. The molecular formula is C8H13F2N. The molecule has 0 fully saturated rings. The summed E-state index contributed by atoms with van der Waals surface area (Å²) < 4.78 is 23.4. The second-order valence-electron chi connectivity index (χ2n) is 2.46. The highest BCUT2D eigenvalue weighted by molar-refractivity contribution is 4.83. The van der Waals surface area contributed by atoms with Crippen LogP contribution >= 0.6 is 0 Å². The Labute approximate surface area is 66.4 Å². The Morgan fingerprint density at radius 3 is 2.64 bits per heavy atom. The van der Waals surface area contributed by atoms with Crippen molar-refractivity contribution in [3.63, 3.8) is 0 Å². The summed E-state index contributed by atoms with van der Waals surface area (Å²) in [6.45, 7) is 0.485. The van der Waals surface area contributed by atoms with Crippen molar-refractivity contribution in [3.8, 4) is 12.3 Å². The molecule has 0 aliphatic heterocycles. The number of rotatable bonds is 5. The predicted octanol–water partition coefficient (Wildman–Crippen LogP) is 1.60. The van der Waals surface area contributed by atoms with Crippen LogP contribution in [0, 0.1) is 12.3 Å². The maximum Gasteiger partial charge on any atom is 0.251 e. The molecule has 64 valence electrons. The van der Waals surface area contributed by atoms with Crippen molar-refractivity contribution in [3.05, 3.63) is 0 Å².